The first-order chi connectivity index (χ1) is 10.7. The molecule has 22 heavy (non-hydrogen) atoms. The third-order valence-electron chi connectivity index (χ3n) is 3.56. The van der Waals surface area contributed by atoms with Crippen molar-refractivity contribution in [2.75, 3.05) is 5.32 Å². The van der Waals surface area contributed by atoms with Crippen molar-refractivity contribution in [1.82, 2.24) is 0 Å². The Kier molecular flexibility index (Phi) is 6.01. The number of aryl methyl sites for hydroxylation is 2. The first kappa shape index (κ1) is 16.1. The molecule has 0 aromatic heterocycles. The molecule has 0 aliphatic carbocycles. The molecular formula is C19H23NO2. The maximum absolute atomic E-state index is 11.9. The van der Waals surface area contributed by atoms with E-state index in [1.165, 1.54) is 18.4 Å². The Morgan fingerprint density at radius 3 is 2.55 bits per heavy atom. The van der Waals surface area contributed by atoms with Crippen LogP contribution in [0.3, 0.4) is 0 Å². The highest BCUT2D eigenvalue weighted by atomic mass is 16.5. The average Bonchev–Trinajstić information content (AvgIpc) is 2.54. The number of hydrogen-bond donors (Lipinski definition) is 1. The molecule has 3 nitrogen and oxygen atoms in total. The summed E-state index contributed by atoms with van der Waals surface area (Å²) < 4.78 is 5.23. The van der Waals surface area contributed by atoms with Crippen LogP contribution in [0.4, 0.5) is 10.5 Å². The van der Waals surface area contributed by atoms with Crippen molar-refractivity contribution >= 4 is 11.8 Å². The topological polar surface area (TPSA) is 38.3 Å². The van der Waals surface area contributed by atoms with Crippen molar-refractivity contribution in [3.63, 3.8) is 0 Å². The minimum absolute atomic E-state index is 0.278. The van der Waals surface area contributed by atoms with Crippen molar-refractivity contribution < 1.29 is 9.53 Å². The van der Waals surface area contributed by atoms with E-state index in [2.05, 4.69) is 24.4 Å². The van der Waals surface area contributed by atoms with Crippen molar-refractivity contribution in [3.05, 3.63) is 65.2 Å². The molecule has 2 aromatic carbocycles. The van der Waals surface area contributed by atoms with Gasteiger partial charge in [-0.15, -0.1) is 0 Å². The molecule has 0 bridgehead atoms. The van der Waals surface area contributed by atoms with E-state index in [4.69, 9.17) is 4.74 Å². The van der Waals surface area contributed by atoms with Gasteiger partial charge in [-0.25, -0.2) is 4.79 Å². The summed E-state index contributed by atoms with van der Waals surface area (Å²) in [5.74, 6) is 0. The Morgan fingerprint density at radius 2 is 1.86 bits per heavy atom. The average molecular weight is 297 g/mol. The van der Waals surface area contributed by atoms with Crippen LogP contribution in [-0.4, -0.2) is 6.09 Å². The van der Waals surface area contributed by atoms with Crippen LogP contribution in [0.1, 0.15) is 36.5 Å². The minimum atomic E-state index is -0.423. The fourth-order valence-corrected chi connectivity index (χ4v) is 2.27. The summed E-state index contributed by atoms with van der Waals surface area (Å²) >= 11 is 0. The maximum atomic E-state index is 11.9. The quantitative estimate of drug-likeness (QED) is 0.806. The number of nitrogens with one attached hydrogen (secondary N) is 1. The third-order valence-corrected chi connectivity index (χ3v) is 3.56. The van der Waals surface area contributed by atoms with Gasteiger partial charge in [0.15, 0.2) is 0 Å². The van der Waals surface area contributed by atoms with Gasteiger partial charge in [0.25, 0.3) is 0 Å². The summed E-state index contributed by atoms with van der Waals surface area (Å²) in [6, 6.07) is 15.8. The summed E-state index contributed by atoms with van der Waals surface area (Å²) in [5.41, 5.74) is 4.15. The van der Waals surface area contributed by atoms with Gasteiger partial charge in [-0.3, -0.25) is 5.32 Å². The van der Waals surface area contributed by atoms with Crippen LogP contribution in [-0.2, 0) is 17.8 Å². The normalized spacial score (nSPS) is 10.3. The number of unbranched alkanes of at least 4 members (excludes halogenated alkanes) is 1. The Morgan fingerprint density at radius 1 is 1.09 bits per heavy atom. The smallest absolute Gasteiger partial charge is 0.411 e. The predicted octanol–water partition coefficient (Wildman–Crippen LogP) is 5.09. The van der Waals surface area contributed by atoms with Crippen LogP contribution >= 0.6 is 0 Å². The van der Waals surface area contributed by atoms with Crippen LogP contribution in [0.2, 0.25) is 0 Å². The van der Waals surface area contributed by atoms with Gasteiger partial charge >= 0.3 is 6.09 Å². The number of carbonyl (C=O) groups excluding carboxylic acids is 1. The largest absolute Gasteiger partial charge is 0.444 e. The monoisotopic (exact) mass is 297 g/mol. The predicted molar refractivity (Wildman–Crippen MR) is 90.0 cm³/mol. The van der Waals surface area contributed by atoms with Crippen LogP contribution < -0.4 is 5.32 Å². The molecule has 1 amide bonds. The van der Waals surface area contributed by atoms with E-state index >= 15 is 0 Å². The van der Waals surface area contributed by atoms with Gasteiger partial charge in [-0.2, -0.15) is 0 Å². The lowest BCUT2D eigenvalue weighted by Crippen LogP contribution is -2.14. The van der Waals surface area contributed by atoms with E-state index in [0.717, 1.165) is 23.2 Å². The number of rotatable bonds is 6. The summed E-state index contributed by atoms with van der Waals surface area (Å²) in [5, 5.41) is 2.80. The highest BCUT2D eigenvalue weighted by Crippen LogP contribution is 2.18. The summed E-state index contributed by atoms with van der Waals surface area (Å²) in [4.78, 5) is 11.9. The van der Waals surface area contributed by atoms with Crippen molar-refractivity contribution in [1.29, 1.82) is 0 Å². The lowest BCUT2D eigenvalue weighted by Gasteiger charge is -2.11. The molecule has 0 radical (unpaired) electrons. The molecular weight excluding hydrogens is 274 g/mol. The Labute approximate surface area is 132 Å². The van der Waals surface area contributed by atoms with E-state index < -0.39 is 6.09 Å². The summed E-state index contributed by atoms with van der Waals surface area (Å²) in [6.45, 7) is 4.47. The molecule has 0 heterocycles. The molecule has 0 aliphatic heterocycles. The Hall–Kier alpha value is -2.29. The maximum Gasteiger partial charge on any atom is 0.411 e. The number of carbonyl (C=O) groups is 1. The number of anilines is 1. The van der Waals surface area contributed by atoms with Crippen LogP contribution in [0.5, 0.6) is 0 Å². The zero-order chi connectivity index (χ0) is 15.8. The first-order valence-electron chi connectivity index (χ1n) is 7.76. The van der Waals surface area contributed by atoms with Gasteiger partial charge in [0.05, 0.1) is 0 Å². The molecule has 0 saturated heterocycles. The standard InChI is InChI=1S/C19H23NO2/c1-3-4-8-16-11-12-18(15(2)13-16)20-19(21)22-14-17-9-6-5-7-10-17/h5-7,9-13H,3-4,8,14H2,1-2H3,(H,20,21). The highest BCUT2D eigenvalue weighted by Gasteiger charge is 2.06. The number of hydrogen-bond acceptors (Lipinski definition) is 2. The SMILES string of the molecule is CCCCc1ccc(NC(=O)OCc2ccccc2)c(C)c1. The number of benzene rings is 2. The Balaban J connectivity index is 1.88. The molecule has 0 saturated carbocycles. The minimum Gasteiger partial charge on any atom is -0.444 e. The molecule has 1 N–H and O–H groups in total. The molecule has 2 rings (SSSR count). The lowest BCUT2D eigenvalue weighted by atomic mass is 10.0. The molecule has 0 spiro atoms. The van der Waals surface area contributed by atoms with Gasteiger partial charge < -0.3 is 4.74 Å². The second kappa shape index (κ2) is 8.23. The summed E-state index contributed by atoms with van der Waals surface area (Å²) in [7, 11) is 0. The van der Waals surface area contributed by atoms with E-state index in [0.29, 0.717) is 0 Å². The van der Waals surface area contributed by atoms with Gasteiger partial charge in [-0.05, 0) is 42.5 Å². The molecule has 0 fully saturated rings. The highest BCUT2D eigenvalue weighted by molar-refractivity contribution is 5.85. The molecule has 0 atom stereocenters. The van der Waals surface area contributed by atoms with Crippen LogP contribution in [0.25, 0.3) is 0 Å². The van der Waals surface area contributed by atoms with E-state index in [1.807, 2.05) is 43.3 Å². The van der Waals surface area contributed by atoms with Gasteiger partial charge in [0.1, 0.15) is 6.61 Å². The Bertz CT molecular complexity index is 608. The lowest BCUT2D eigenvalue weighted by molar-refractivity contribution is 0.155. The van der Waals surface area contributed by atoms with Gasteiger partial charge in [0.2, 0.25) is 0 Å². The van der Waals surface area contributed by atoms with E-state index in [-0.39, 0.29) is 6.61 Å². The molecule has 2 aromatic rings. The second-order valence-electron chi connectivity index (χ2n) is 5.44. The van der Waals surface area contributed by atoms with E-state index in [1.54, 1.807) is 0 Å². The van der Waals surface area contributed by atoms with Crippen molar-refractivity contribution in [2.45, 2.75) is 39.7 Å². The summed E-state index contributed by atoms with van der Waals surface area (Å²) in [6.07, 6.45) is 3.03. The molecule has 0 unspecified atom stereocenters. The molecule has 0 aliphatic rings. The zero-order valence-electron chi connectivity index (χ0n) is 13.3. The third kappa shape index (κ3) is 4.92. The van der Waals surface area contributed by atoms with E-state index in [9.17, 15) is 4.79 Å². The fraction of sp³-hybridized carbons (Fsp3) is 0.316. The second-order valence-corrected chi connectivity index (χ2v) is 5.44. The zero-order valence-corrected chi connectivity index (χ0v) is 13.3. The van der Waals surface area contributed by atoms with Crippen LogP contribution in [0, 0.1) is 6.92 Å². The number of amides is 1. The number of ether oxygens (including phenoxy) is 1. The van der Waals surface area contributed by atoms with Crippen molar-refractivity contribution in [2.24, 2.45) is 0 Å². The van der Waals surface area contributed by atoms with Crippen molar-refractivity contribution in [3.8, 4) is 0 Å². The van der Waals surface area contributed by atoms with Gasteiger partial charge in [0, 0.05) is 5.69 Å². The van der Waals surface area contributed by atoms with Gasteiger partial charge in [-0.1, -0.05) is 55.8 Å². The first-order valence-corrected chi connectivity index (χ1v) is 7.76. The fourth-order valence-electron chi connectivity index (χ4n) is 2.27. The molecule has 116 valence electrons. The molecule has 3 heteroatoms. The van der Waals surface area contributed by atoms with Crippen LogP contribution in [0.15, 0.2) is 48.5 Å².